The molecule has 0 aromatic heterocycles. The molecule has 2 N–H and O–H groups in total. The Morgan fingerprint density at radius 3 is 2.61 bits per heavy atom. The largest absolute Gasteiger partial charge is 0.493 e. The second-order valence-electron chi connectivity index (χ2n) is 4.78. The Morgan fingerprint density at radius 2 is 2.06 bits per heavy atom. The minimum absolute atomic E-state index is 0.105. The van der Waals surface area contributed by atoms with Gasteiger partial charge in [-0.3, -0.25) is 0 Å². The highest BCUT2D eigenvalue weighted by Gasteiger charge is 2.11. The fraction of sp³-hybridized carbons (Fsp3) is 0.571. The average molecular weight is 252 g/mol. The Bertz CT molecular complexity index is 365. The van der Waals surface area contributed by atoms with Crippen LogP contribution in [-0.4, -0.2) is 45.3 Å². The number of hydrogen-bond acceptors (Lipinski definition) is 4. The maximum absolute atomic E-state index is 5.86. The zero-order valence-electron chi connectivity index (χ0n) is 11.8. The van der Waals surface area contributed by atoms with Crippen LogP contribution >= 0.6 is 0 Å². The molecule has 18 heavy (non-hydrogen) atoms. The first-order valence-corrected chi connectivity index (χ1v) is 6.23. The number of rotatable bonds is 7. The summed E-state index contributed by atoms with van der Waals surface area (Å²) < 4.78 is 11.2. The number of benzene rings is 1. The zero-order valence-corrected chi connectivity index (χ0v) is 11.8. The molecule has 0 saturated carbocycles. The highest BCUT2D eigenvalue weighted by molar-refractivity contribution is 5.47. The van der Waals surface area contributed by atoms with Gasteiger partial charge in [-0.15, -0.1) is 0 Å². The first kappa shape index (κ1) is 14.8. The van der Waals surface area contributed by atoms with E-state index in [4.69, 9.17) is 15.2 Å². The van der Waals surface area contributed by atoms with Crippen molar-refractivity contribution in [2.75, 3.05) is 34.4 Å². The van der Waals surface area contributed by atoms with Gasteiger partial charge in [0.1, 0.15) is 6.61 Å². The first-order valence-electron chi connectivity index (χ1n) is 6.23. The standard InChI is InChI=1S/C14H24N2O2/c1-11(15)10-12-6-5-7-13(17-4)14(12)18-9-8-16(2)3/h5-7,11H,8-10,15H2,1-4H3. The van der Waals surface area contributed by atoms with Crippen LogP contribution in [-0.2, 0) is 6.42 Å². The fourth-order valence-corrected chi connectivity index (χ4v) is 1.72. The molecular formula is C14H24N2O2. The van der Waals surface area contributed by atoms with Crippen molar-refractivity contribution in [3.63, 3.8) is 0 Å². The number of ether oxygens (including phenoxy) is 2. The Hall–Kier alpha value is -1.26. The van der Waals surface area contributed by atoms with Gasteiger partial charge in [-0.2, -0.15) is 0 Å². The highest BCUT2D eigenvalue weighted by atomic mass is 16.5. The summed E-state index contributed by atoms with van der Waals surface area (Å²) in [5, 5.41) is 0. The Labute approximate surface area is 110 Å². The molecule has 1 atom stereocenters. The molecule has 102 valence electrons. The smallest absolute Gasteiger partial charge is 0.164 e. The third kappa shape index (κ3) is 4.55. The second-order valence-corrected chi connectivity index (χ2v) is 4.78. The third-order valence-corrected chi connectivity index (χ3v) is 2.61. The van der Waals surface area contributed by atoms with E-state index in [1.165, 1.54) is 0 Å². The van der Waals surface area contributed by atoms with E-state index in [-0.39, 0.29) is 6.04 Å². The van der Waals surface area contributed by atoms with E-state index >= 15 is 0 Å². The molecule has 0 aliphatic rings. The van der Waals surface area contributed by atoms with Crippen molar-refractivity contribution in [3.05, 3.63) is 23.8 Å². The Balaban J connectivity index is 2.82. The molecule has 0 aliphatic carbocycles. The lowest BCUT2D eigenvalue weighted by Crippen LogP contribution is -2.21. The number of likely N-dealkylation sites (N-methyl/N-ethyl adjacent to an activating group) is 1. The topological polar surface area (TPSA) is 47.7 Å². The molecule has 0 fully saturated rings. The van der Waals surface area contributed by atoms with Crippen molar-refractivity contribution in [1.29, 1.82) is 0 Å². The second kappa shape index (κ2) is 7.24. The monoisotopic (exact) mass is 252 g/mol. The van der Waals surface area contributed by atoms with E-state index in [9.17, 15) is 0 Å². The van der Waals surface area contributed by atoms with Gasteiger partial charge in [0.2, 0.25) is 0 Å². The first-order chi connectivity index (χ1) is 8.54. The van der Waals surface area contributed by atoms with Gasteiger partial charge in [0.25, 0.3) is 0 Å². The van der Waals surface area contributed by atoms with Crippen LogP contribution in [0.4, 0.5) is 0 Å². The van der Waals surface area contributed by atoms with E-state index in [0.29, 0.717) is 6.61 Å². The van der Waals surface area contributed by atoms with Crippen LogP contribution in [0.1, 0.15) is 12.5 Å². The average Bonchev–Trinajstić information content (AvgIpc) is 2.29. The molecule has 1 unspecified atom stereocenters. The quantitative estimate of drug-likeness (QED) is 0.799. The number of nitrogens with two attached hydrogens (primary N) is 1. The van der Waals surface area contributed by atoms with Crippen LogP contribution in [0.25, 0.3) is 0 Å². The van der Waals surface area contributed by atoms with Gasteiger partial charge in [-0.25, -0.2) is 0 Å². The number of hydrogen-bond donors (Lipinski definition) is 1. The summed E-state index contributed by atoms with van der Waals surface area (Å²) in [4.78, 5) is 2.08. The van der Waals surface area contributed by atoms with Crippen LogP contribution < -0.4 is 15.2 Å². The predicted molar refractivity (Wildman–Crippen MR) is 74.4 cm³/mol. The van der Waals surface area contributed by atoms with Crippen molar-refractivity contribution < 1.29 is 9.47 Å². The molecule has 4 nitrogen and oxygen atoms in total. The lowest BCUT2D eigenvalue weighted by molar-refractivity contribution is 0.248. The number of methoxy groups -OCH3 is 1. The molecule has 0 heterocycles. The van der Waals surface area contributed by atoms with E-state index in [2.05, 4.69) is 4.90 Å². The minimum Gasteiger partial charge on any atom is -0.493 e. The van der Waals surface area contributed by atoms with Gasteiger partial charge in [0.15, 0.2) is 11.5 Å². The Kier molecular flexibility index (Phi) is 5.95. The number of nitrogens with zero attached hydrogens (tertiary/aromatic N) is 1. The van der Waals surface area contributed by atoms with E-state index < -0.39 is 0 Å². The normalized spacial score (nSPS) is 12.6. The molecule has 0 radical (unpaired) electrons. The van der Waals surface area contributed by atoms with Crippen LogP contribution in [0.5, 0.6) is 11.5 Å². The lowest BCUT2D eigenvalue weighted by atomic mass is 10.1. The summed E-state index contributed by atoms with van der Waals surface area (Å²) in [6, 6.07) is 6.02. The van der Waals surface area contributed by atoms with Crippen molar-refractivity contribution in [3.8, 4) is 11.5 Å². The predicted octanol–water partition coefficient (Wildman–Crippen LogP) is 1.53. The van der Waals surface area contributed by atoms with Crippen LogP contribution in [0, 0.1) is 0 Å². The van der Waals surface area contributed by atoms with E-state index in [1.54, 1.807) is 7.11 Å². The molecule has 1 rings (SSSR count). The van der Waals surface area contributed by atoms with Crippen LogP contribution in [0.3, 0.4) is 0 Å². The van der Waals surface area contributed by atoms with E-state index in [1.807, 2.05) is 39.2 Å². The summed E-state index contributed by atoms with van der Waals surface area (Å²) in [7, 11) is 5.70. The highest BCUT2D eigenvalue weighted by Crippen LogP contribution is 2.31. The molecule has 0 amide bonds. The molecule has 1 aromatic carbocycles. The van der Waals surface area contributed by atoms with Gasteiger partial charge in [0, 0.05) is 12.6 Å². The molecule has 4 heteroatoms. The zero-order chi connectivity index (χ0) is 13.5. The van der Waals surface area contributed by atoms with Gasteiger partial charge in [-0.1, -0.05) is 12.1 Å². The van der Waals surface area contributed by atoms with Crippen molar-refractivity contribution in [2.24, 2.45) is 5.73 Å². The maximum Gasteiger partial charge on any atom is 0.164 e. The van der Waals surface area contributed by atoms with Gasteiger partial charge in [0.05, 0.1) is 7.11 Å². The number of para-hydroxylation sites is 1. The summed E-state index contributed by atoms with van der Waals surface area (Å²) in [6.45, 7) is 3.50. The van der Waals surface area contributed by atoms with Gasteiger partial charge in [-0.05, 0) is 39.1 Å². The fourth-order valence-electron chi connectivity index (χ4n) is 1.72. The van der Waals surface area contributed by atoms with E-state index in [0.717, 1.165) is 30.0 Å². The van der Waals surface area contributed by atoms with Gasteiger partial charge < -0.3 is 20.1 Å². The molecule has 0 saturated heterocycles. The summed E-state index contributed by atoms with van der Waals surface area (Å²) in [5.74, 6) is 1.59. The molecule has 0 bridgehead atoms. The lowest BCUT2D eigenvalue weighted by Gasteiger charge is -2.17. The molecule has 0 aliphatic heterocycles. The molecule has 0 spiro atoms. The minimum atomic E-state index is 0.105. The van der Waals surface area contributed by atoms with Crippen LogP contribution in [0.2, 0.25) is 0 Å². The summed E-state index contributed by atoms with van der Waals surface area (Å²) in [6.07, 6.45) is 0.786. The van der Waals surface area contributed by atoms with Crippen molar-refractivity contribution in [1.82, 2.24) is 4.90 Å². The molecular weight excluding hydrogens is 228 g/mol. The SMILES string of the molecule is COc1cccc(CC(C)N)c1OCCN(C)C. The summed E-state index contributed by atoms with van der Waals surface area (Å²) in [5.41, 5.74) is 6.96. The third-order valence-electron chi connectivity index (χ3n) is 2.61. The maximum atomic E-state index is 5.86. The van der Waals surface area contributed by atoms with Crippen LogP contribution in [0.15, 0.2) is 18.2 Å². The summed E-state index contributed by atoms with van der Waals surface area (Å²) >= 11 is 0. The molecule has 1 aromatic rings. The van der Waals surface area contributed by atoms with Crippen molar-refractivity contribution in [2.45, 2.75) is 19.4 Å². The Morgan fingerprint density at radius 1 is 1.33 bits per heavy atom. The van der Waals surface area contributed by atoms with Crippen molar-refractivity contribution >= 4 is 0 Å². The van der Waals surface area contributed by atoms with Gasteiger partial charge >= 0.3 is 0 Å².